The Morgan fingerprint density at radius 3 is 2.79 bits per heavy atom. The Hall–Kier alpha value is -2.73. The lowest BCUT2D eigenvalue weighted by Gasteiger charge is -2.37. The lowest BCUT2D eigenvalue weighted by molar-refractivity contribution is 0.0525. The van der Waals surface area contributed by atoms with Crippen molar-refractivity contribution in [1.82, 2.24) is 0 Å². The summed E-state index contributed by atoms with van der Waals surface area (Å²) in [5.74, 6) is 1.36. The van der Waals surface area contributed by atoms with E-state index in [9.17, 15) is 4.79 Å². The Morgan fingerprint density at radius 2 is 2.04 bits per heavy atom. The molecule has 3 atom stereocenters. The van der Waals surface area contributed by atoms with E-state index in [0.717, 1.165) is 29.0 Å². The molecule has 2 aromatic rings. The van der Waals surface area contributed by atoms with Gasteiger partial charge in [0.15, 0.2) is 11.5 Å². The van der Waals surface area contributed by atoms with Gasteiger partial charge in [0.1, 0.15) is 0 Å². The minimum absolute atomic E-state index is 0.0264. The van der Waals surface area contributed by atoms with Crippen LogP contribution < -0.4 is 14.8 Å². The molecule has 148 valence electrons. The first-order valence-electron chi connectivity index (χ1n) is 9.58. The number of fused-ring (bicyclic) bond motifs is 3. The Bertz CT molecular complexity index is 881. The largest absolute Gasteiger partial charge is 0.493 e. The summed E-state index contributed by atoms with van der Waals surface area (Å²) < 4.78 is 22.4. The first-order chi connectivity index (χ1) is 13.7. The Labute approximate surface area is 164 Å². The number of carbonyl (C=O) groups is 1. The molecule has 2 heterocycles. The molecule has 1 fully saturated rings. The fourth-order valence-corrected chi connectivity index (χ4v) is 4.28. The van der Waals surface area contributed by atoms with Crippen molar-refractivity contribution in [3.63, 3.8) is 0 Å². The first kappa shape index (κ1) is 18.6. The van der Waals surface area contributed by atoms with Gasteiger partial charge in [0.25, 0.3) is 0 Å². The van der Waals surface area contributed by atoms with Crippen molar-refractivity contribution in [3.8, 4) is 11.5 Å². The number of hydrogen-bond acceptors (Lipinski definition) is 6. The van der Waals surface area contributed by atoms with E-state index in [4.69, 9.17) is 18.9 Å². The number of rotatable bonds is 5. The van der Waals surface area contributed by atoms with Crippen LogP contribution in [-0.2, 0) is 9.47 Å². The number of hydrogen-bond donors (Lipinski definition) is 1. The monoisotopic (exact) mass is 383 g/mol. The van der Waals surface area contributed by atoms with Crippen LogP contribution in [0.3, 0.4) is 0 Å². The van der Waals surface area contributed by atoms with Gasteiger partial charge in [-0.15, -0.1) is 0 Å². The van der Waals surface area contributed by atoms with E-state index < -0.39 is 0 Å². The van der Waals surface area contributed by atoms with Crippen LogP contribution in [0.15, 0.2) is 36.4 Å². The van der Waals surface area contributed by atoms with Crippen molar-refractivity contribution in [1.29, 1.82) is 0 Å². The Balaban J connectivity index is 1.74. The molecule has 28 heavy (non-hydrogen) atoms. The lowest BCUT2D eigenvalue weighted by Crippen LogP contribution is -2.30. The molecule has 4 rings (SSSR count). The second-order valence-electron chi connectivity index (χ2n) is 6.97. The van der Waals surface area contributed by atoms with Crippen LogP contribution in [0.1, 0.15) is 47.0 Å². The summed E-state index contributed by atoms with van der Waals surface area (Å²) in [6.07, 6.45) is 0.845. The summed E-state index contributed by atoms with van der Waals surface area (Å²) in [5.41, 5.74) is 3.56. The van der Waals surface area contributed by atoms with E-state index in [0.29, 0.717) is 24.5 Å². The van der Waals surface area contributed by atoms with Gasteiger partial charge in [-0.05, 0) is 37.6 Å². The smallest absolute Gasteiger partial charge is 0.338 e. The summed E-state index contributed by atoms with van der Waals surface area (Å²) in [6.45, 7) is 2.84. The fourth-order valence-electron chi connectivity index (χ4n) is 4.28. The molecule has 2 aliphatic heterocycles. The summed E-state index contributed by atoms with van der Waals surface area (Å²) in [5, 5.41) is 3.64. The Morgan fingerprint density at radius 1 is 1.18 bits per heavy atom. The highest BCUT2D eigenvalue weighted by Gasteiger charge is 2.43. The molecule has 0 amide bonds. The van der Waals surface area contributed by atoms with Crippen molar-refractivity contribution in [2.45, 2.75) is 25.5 Å². The highest BCUT2D eigenvalue weighted by Crippen LogP contribution is 2.52. The number of esters is 1. The average Bonchev–Trinajstić information content (AvgIpc) is 3.22. The minimum atomic E-state index is -0.309. The lowest BCUT2D eigenvalue weighted by atomic mass is 9.80. The zero-order valence-electron chi connectivity index (χ0n) is 16.4. The van der Waals surface area contributed by atoms with Gasteiger partial charge >= 0.3 is 5.97 Å². The zero-order valence-corrected chi connectivity index (χ0v) is 16.4. The standard InChI is InChI=1S/C22H25NO5/c1-4-27-22(24)13-8-9-17-16(12-13)20-15(10-11-28-20)19(23-17)14-6-5-7-18(25-2)21(14)26-3/h5-9,12,15,19-20,23H,4,10-11H2,1-3H3/t15-,19+,20-/m1/s1. The van der Waals surface area contributed by atoms with Crippen molar-refractivity contribution in [2.75, 3.05) is 32.8 Å². The van der Waals surface area contributed by atoms with E-state index in [1.165, 1.54) is 0 Å². The van der Waals surface area contributed by atoms with Crippen LogP contribution in [0.5, 0.6) is 11.5 Å². The highest BCUT2D eigenvalue weighted by molar-refractivity contribution is 5.90. The molecule has 0 spiro atoms. The van der Waals surface area contributed by atoms with Crippen molar-refractivity contribution >= 4 is 11.7 Å². The second kappa shape index (κ2) is 7.72. The van der Waals surface area contributed by atoms with Crippen molar-refractivity contribution in [3.05, 3.63) is 53.1 Å². The molecular weight excluding hydrogens is 358 g/mol. The number of benzene rings is 2. The number of carbonyl (C=O) groups excluding carboxylic acids is 1. The maximum absolute atomic E-state index is 12.1. The maximum Gasteiger partial charge on any atom is 0.338 e. The van der Waals surface area contributed by atoms with Gasteiger partial charge in [0, 0.05) is 29.3 Å². The van der Waals surface area contributed by atoms with Gasteiger partial charge in [-0.25, -0.2) is 4.79 Å². The molecule has 2 aromatic carbocycles. The maximum atomic E-state index is 12.1. The summed E-state index contributed by atoms with van der Waals surface area (Å²) >= 11 is 0. The fraction of sp³-hybridized carbons (Fsp3) is 0.409. The third kappa shape index (κ3) is 3.07. The molecule has 1 saturated heterocycles. The molecule has 0 bridgehead atoms. The third-order valence-electron chi connectivity index (χ3n) is 5.51. The van der Waals surface area contributed by atoms with E-state index in [2.05, 4.69) is 11.4 Å². The number of nitrogens with one attached hydrogen (secondary N) is 1. The van der Waals surface area contributed by atoms with Crippen LogP contribution in [0, 0.1) is 5.92 Å². The summed E-state index contributed by atoms with van der Waals surface area (Å²) in [7, 11) is 3.30. The number of methoxy groups -OCH3 is 2. The topological polar surface area (TPSA) is 66.0 Å². The van der Waals surface area contributed by atoms with Crippen LogP contribution in [-0.4, -0.2) is 33.4 Å². The van der Waals surface area contributed by atoms with Gasteiger partial charge < -0.3 is 24.3 Å². The van der Waals surface area contributed by atoms with Crippen molar-refractivity contribution in [2.24, 2.45) is 5.92 Å². The van der Waals surface area contributed by atoms with Gasteiger partial charge in [-0.1, -0.05) is 12.1 Å². The van der Waals surface area contributed by atoms with Gasteiger partial charge in [-0.3, -0.25) is 0 Å². The molecule has 0 aliphatic carbocycles. The first-order valence-corrected chi connectivity index (χ1v) is 9.58. The highest BCUT2D eigenvalue weighted by atomic mass is 16.5. The number of ether oxygens (including phenoxy) is 4. The summed E-state index contributed by atoms with van der Waals surface area (Å²) in [6, 6.07) is 11.6. The third-order valence-corrected chi connectivity index (χ3v) is 5.51. The van der Waals surface area contributed by atoms with E-state index in [1.54, 1.807) is 27.2 Å². The van der Waals surface area contributed by atoms with E-state index in [-0.39, 0.29) is 24.0 Å². The molecule has 6 heteroatoms. The molecule has 2 aliphatic rings. The van der Waals surface area contributed by atoms with E-state index >= 15 is 0 Å². The Kier molecular flexibility index (Phi) is 5.13. The van der Waals surface area contributed by atoms with Crippen LogP contribution in [0.2, 0.25) is 0 Å². The van der Waals surface area contributed by atoms with Gasteiger partial charge in [-0.2, -0.15) is 0 Å². The van der Waals surface area contributed by atoms with Crippen LogP contribution in [0.25, 0.3) is 0 Å². The number of anilines is 1. The summed E-state index contributed by atoms with van der Waals surface area (Å²) in [4.78, 5) is 12.1. The predicted octanol–water partition coefficient (Wildman–Crippen LogP) is 4.12. The molecule has 0 saturated carbocycles. The molecule has 0 radical (unpaired) electrons. The van der Waals surface area contributed by atoms with Gasteiger partial charge in [0.05, 0.1) is 38.5 Å². The van der Waals surface area contributed by atoms with Gasteiger partial charge in [0.2, 0.25) is 0 Å². The van der Waals surface area contributed by atoms with Crippen molar-refractivity contribution < 1.29 is 23.7 Å². The molecule has 0 aromatic heterocycles. The van der Waals surface area contributed by atoms with E-state index in [1.807, 2.05) is 24.3 Å². The minimum Gasteiger partial charge on any atom is -0.493 e. The molecule has 0 unspecified atom stereocenters. The SMILES string of the molecule is CCOC(=O)c1ccc2c(c1)[C@@H]1OCC[C@@H]1[C@H](c1cccc(OC)c1OC)N2. The average molecular weight is 383 g/mol. The molecule has 1 N–H and O–H groups in total. The van der Waals surface area contributed by atoms with Crippen LogP contribution >= 0.6 is 0 Å². The number of para-hydroxylation sites is 1. The predicted molar refractivity (Wildman–Crippen MR) is 105 cm³/mol. The normalized spacial score (nSPS) is 22.6. The van der Waals surface area contributed by atoms with Crippen LogP contribution in [0.4, 0.5) is 5.69 Å². The second-order valence-corrected chi connectivity index (χ2v) is 6.97. The molecule has 6 nitrogen and oxygen atoms in total. The quantitative estimate of drug-likeness (QED) is 0.784. The zero-order chi connectivity index (χ0) is 19.7. The molecular formula is C22H25NO5.